The molecule has 0 radical (unpaired) electrons. The second kappa shape index (κ2) is 11.1. The van der Waals surface area contributed by atoms with Crippen molar-refractivity contribution in [2.24, 2.45) is 0 Å². The van der Waals surface area contributed by atoms with E-state index in [0.717, 1.165) is 5.56 Å². The lowest BCUT2D eigenvalue weighted by Crippen LogP contribution is -2.25. The molecule has 0 aliphatic carbocycles. The Kier molecular flexibility index (Phi) is 7.37. The van der Waals surface area contributed by atoms with Gasteiger partial charge in [-0.1, -0.05) is 30.3 Å². The predicted octanol–water partition coefficient (Wildman–Crippen LogP) is 5.89. The minimum atomic E-state index is -1.18. The Morgan fingerprint density at radius 2 is 1.73 bits per heavy atom. The molecule has 1 amide bonds. The minimum Gasteiger partial charge on any atom is -0.491 e. The van der Waals surface area contributed by atoms with Crippen LogP contribution < -0.4 is 14.4 Å². The molecule has 1 aromatic heterocycles. The first-order valence-corrected chi connectivity index (χ1v) is 12.9. The van der Waals surface area contributed by atoms with Gasteiger partial charge in [0.1, 0.15) is 11.5 Å². The number of amides is 1. The Labute approximate surface area is 231 Å². The average molecular weight is 543 g/mol. The molecule has 1 N–H and O–H groups in total. The fourth-order valence-electron chi connectivity index (χ4n) is 4.60. The van der Waals surface area contributed by atoms with E-state index < -0.39 is 12.3 Å². The van der Waals surface area contributed by atoms with E-state index in [4.69, 9.17) is 18.9 Å². The van der Waals surface area contributed by atoms with E-state index in [-0.39, 0.29) is 29.3 Å². The van der Waals surface area contributed by atoms with E-state index in [9.17, 15) is 14.7 Å². The van der Waals surface area contributed by atoms with E-state index >= 15 is 0 Å². The first kappa shape index (κ1) is 26.7. The summed E-state index contributed by atoms with van der Waals surface area (Å²) >= 11 is 0. The highest BCUT2D eigenvalue weighted by Crippen LogP contribution is 2.39. The minimum absolute atomic E-state index is 0.0000542. The molecule has 0 fully saturated rings. The van der Waals surface area contributed by atoms with Crippen LogP contribution in [0.25, 0.3) is 16.6 Å². The summed E-state index contributed by atoms with van der Waals surface area (Å²) in [6, 6.07) is 22.1. The molecule has 3 aromatic carbocycles. The topological polar surface area (TPSA) is 99.5 Å². The van der Waals surface area contributed by atoms with Crippen LogP contribution in [0.5, 0.6) is 11.5 Å². The first-order chi connectivity index (χ1) is 19.2. The molecule has 2 heterocycles. The molecule has 1 aliphatic rings. The number of hydrogen-bond acceptors (Lipinski definition) is 6. The van der Waals surface area contributed by atoms with Crippen LogP contribution in [0.2, 0.25) is 0 Å². The summed E-state index contributed by atoms with van der Waals surface area (Å²) in [5.74, 6) is -0.242. The van der Waals surface area contributed by atoms with Crippen molar-refractivity contribution in [3.8, 4) is 17.2 Å². The van der Waals surface area contributed by atoms with Crippen LogP contribution in [0, 0.1) is 0 Å². The van der Waals surface area contributed by atoms with Crippen molar-refractivity contribution in [1.82, 2.24) is 4.57 Å². The van der Waals surface area contributed by atoms with Crippen molar-refractivity contribution in [3.63, 3.8) is 0 Å². The molecular formula is C31H30N2O7. The van der Waals surface area contributed by atoms with Gasteiger partial charge < -0.3 is 33.5 Å². The molecule has 9 heteroatoms. The summed E-state index contributed by atoms with van der Waals surface area (Å²) in [7, 11) is 1.55. The molecule has 1 unspecified atom stereocenters. The zero-order chi connectivity index (χ0) is 28.4. The molecule has 1 aliphatic heterocycles. The first-order valence-electron chi connectivity index (χ1n) is 12.9. The van der Waals surface area contributed by atoms with Crippen molar-refractivity contribution in [2.45, 2.75) is 39.6 Å². The number of anilines is 1. The summed E-state index contributed by atoms with van der Waals surface area (Å²) in [5, 5.41) is 10.8. The lowest BCUT2D eigenvalue weighted by Gasteiger charge is -2.16. The number of rotatable bonds is 9. The second-order valence-corrected chi connectivity index (χ2v) is 9.67. The third-order valence-electron chi connectivity index (χ3n) is 6.42. The summed E-state index contributed by atoms with van der Waals surface area (Å²) in [6.07, 6.45) is 1.43. The number of hydrogen-bond donors (Lipinski definition) is 1. The fraction of sp³-hybridized carbons (Fsp3) is 0.226. The number of benzene rings is 3. The van der Waals surface area contributed by atoms with Crippen molar-refractivity contribution >= 4 is 28.5 Å². The number of carboxylic acids is 1. The quantitative estimate of drug-likeness (QED) is 0.281. The van der Waals surface area contributed by atoms with Gasteiger partial charge in [-0.25, -0.2) is 4.79 Å². The maximum atomic E-state index is 12.6. The highest BCUT2D eigenvalue weighted by molar-refractivity contribution is 6.12. The third kappa shape index (κ3) is 5.44. The van der Waals surface area contributed by atoms with Crippen LogP contribution in [0.3, 0.4) is 0 Å². The smallest absolute Gasteiger partial charge is 0.355 e. The maximum absolute atomic E-state index is 12.6. The number of aromatic carboxylic acids is 1. The SMILES string of the molecule is CC(=O)N(C)c1c(C(=O)O)n(-c2ccc(OC(C)C)cc2)c2ccc(OC3=COC(Cc4ccccc4)O3)cc12. The van der Waals surface area contributed by atoms with Crippen LogP contribution in [-0.4, -0.2) is 41.0 Å². The number of carboxylic acid groups (broad SMARTS) is 1. The lowest BCUT2D eigenvalue weighted by molar-refractivity contribution is -0.116. The normalized spacial score (nSPS) is 14.4. The Bertz CT molecular complexity index is 1570. The number of carbonyl (C=O) groups is 2. The van der Waals surface area contributed by atoms with Gasteiger partial charge in [0, 0.05) is 31.5 Å². The average Bonchev–Trinajstić information content (AvgIpc) is 3.50. The summed E-state index contributed by atoms with van der Waals surface area (Å²) in [4.78, 5) is 26.4. The number of aromatic nitrogens is 1. The zero-order valence-electron chi connectivity index (χ0n) is 22.7. The van der Waals surface area contributed by atoms with E-state index in [0.29, 0.717) is 34.5 Å². The monoisotopic (exact) mass is 542 g/mol. The molecule has 206 valence electrons. The summed E-state index contributed by atoms with van der Waals surface area (Å²) in [5.41, 5.74) is 2.46. The highest BCUT2D eigenvalue weighted by Gasteiger charge is 2.28. The lowest BCUT2D eigenvalue weighted by atomic mass is 10.1. The Morgan fingerprint density at radius 1 is 1.02 bits per heavy atom. The van der Waals surface area contributed by atoms with Gasteiger partial charge in [0.25, 0.3) is 0 Å². The molecule has 0 saturated heterocycles. The predicted molar refractivity (Wildman–Crippen MR) is 150 cm³/mol. The number of carbonyl (C=O) groups excluding carboxylic acids is 1. The van der Waals surface area contributed by atoms with Gasteiger partial charge in [-0.05, 0) is 61.9 Å². The maximum Gasteiger partial charge on any atom is 0.355 e. The largest absolute Gasteiger partial charge is 0.491 e. The number of nitrogens with zero attached hydrogens (tertiary/aromatic N) is 2. The van der Waals surface area contributed by atoms with Crippen LogP contribution >= 0.6 is 0 Å². The molecule has 9 nitrogen and oxygen atoms in total. The fourth-order valence-corrected chi connectivity index (χ4v) is 4.60. The standard InChI is InChI=1S/C31H30N2O7/c1-19(2)38-23-12-10-22(11-13-23)33-26-15-14-24(17-25(26)29(30(33)31(35)36)32(4)20(3)34)39-28-18-37-27(40-28)16-21-8-6-5-7-9-21/h5-15,17-19,27H,16H2,1-4H3,(H,35,36). The molecular weight excluding hydrogens is 512 g/mol. The molecule has 0 saturated carbocycles. The van der Waals surface area contributed by atoms with Crippen molar-refractivity contribution < 1.29 is 33.6 Å². The van der Waals surface area contributed by atoms with Crippen molar-refractivity contribution in [3.05, 3.63) is 96.3 Å². The molecule has 4 aromatic rings. The molecule has 5 rings (SSSR count). The molecule has 1 atom stereocenters. The van der Waals surface area contributed by atoms with Crippen LogP contribution in [0.4, 0.5) is 5.69 Å². The van der Waals surface area contributed by atoms with Crippen LogP contribution in [0.15, 0.2) is 85.0 Å². The summed E-state index contributed by atoms with van der Waals surface area (Å²) < 4.78 is 24.7. The molecule has 0 spiro atoms. The van der Waals surface area contributed by atoms with E-state index in [1.807, 2.05) is 44.2 Å². The van der Waals surface area contributed by atoms with Gasteiger partial charge in [0.15, 0.2) is 12.0 Å². The van der Waals surface area contributed by atoms with Gasteiger partial charge in [0.05, 0.1) is 17.3 Å². The van der Waals surface area contributed by atoms with Crippen LogP contribution in [0.1, 0.15) is 36.8 Å². The van der Waals surface area contributed by atoms with E-state index in [1.165, 1.54) is 18.1 Å². The van der Waals surface area contributed by atoms with Gasteiger partial charge in [-0.15, -0.1) is 0 Å². The highest BCUT2D eigenvalue weighted by atomic mass is 16.8. The van der Waals surface area contributed by atoms with Crippen LogP contribution in [-0.2, 0) is 20.7 Å². The Morgan fingerprint density at radius 3 is 2.38 bits per heavy atom. The summed E-state index contributed by atoms with van der Waals surface area (Å²) in [6.45, 7) is 5.25. The molecule has 40 heavy (non-hydrogen) atoms. The van der Waals surface area contributed by atoms with Gasteiger partial charge in [0.2, 0.25) is 12.2 Å². The Hall–Kier alpha value is -4.92. The molecule has 0 bridgehead atoms. The number of fused-ring (bicyclic) bond motifs is 1. The number of ether oxygens (including phenoxy) is 4. The van der Waals surface area contributed by atoms with Crippen molar-refractivity contribution in [2.75, 3.05) is 11.9 Å². The third-order valence-corrected chi connectivity index (χ3v) is 6.42. The zero-order valence-corrected chi connectivity index (χ0v) is 22.7. The van der Waals surface area contributed by atoms with E-state index in [1.54, 1.807) is 54.1 Å². The second-order valence-electron chi connectivity index (χ2n) is 9.67. The van der Waals surface area contributed by atoms with E-state index in [2.05, 4.69) is 0 Å². The van der Waals surface area contributed by atoms with Crippen molar-refractivity contribution in [1.29, 1.82) is 0 Å². The van der Waals surface area contributed by atoms with Gasteiger partial charge >= 0.3 is 11.9 Å². The Balaban J connectivity index is 1.51. The van der Waals surface area contributed by atoms with Gasteiger partial charge in [-0.2, -0.15) is 0 Å². The van der Waals surface area contributed by atoms with Gasteiger partial charge in [-0.3, -0.25) is 4.79 Å².